The van der Waals surface area contributed by atoms with Crippen LogP contribution in [0.1, 0.15) is 21.5 Å². The molecule has 0 aliphatic heterocycles. The highest BCUT2D eigenvalue weighted by molar-refractivity contribution is 7.89. The van der Waals surface area contributed by atoms with Gasteiger partial charge in [0.25, 0.3) is 5.91 Å². The summed E-state index contributed by atoms with van der Waals surface area (Å²) < 4.78 is 31.3. The standard InChI is InChI=1S/C15H15ClN2O4S/c1-10-3-5-12(7-13(10)22-2)15(19)18-23(20,21)9-11-4-6-14(16)17-8-11/h3-8H,9H2,1-2H3,(H,18,19). The summed E-state index contributed by atoms with van der Waals surface area (Å²) in [5.41, 5.74) is 1.47. The van der Waals surface area contributed by atoms with Crippen LogP contribution < -0.4 is 9.46 Å². The molecule has 0 aliphatic carbocycles. The number of nitrogens with one attached hydrogen (secondary N) is 1. The van der Waals surface area contributed by atoms with Gasteiger partial charge in [0.05, 0.1) is 12.9 Å². The maximum atomic E-state index is 12.1. The van der Waals surface area contributed by atoms with Crippen LogP contribution in [0.3, 0.4) is 0 Å². The fraction of sp³-hybridized carbons (Fsp3) is 0.200. The van der Waals surface area contributed by atoms with Gasteiger partial charge in [0.1, 0.15) is 10.9 Å². The van der Waals surface area contributed by atoms with Crippen LogP contribution in [0.15, 0.2) is 36.5 Å². The number of pyridine rings is 1. The lowest BCUT2D eigenvalue weighted by Crippen LogP contribution is -2.31. The van der Waals surface area contributed by atoms with Crippen LogP contribution in [0, 0.1) is 6.92 Å². The first-order chi connectivity index (χ1) is 10.8. The number of rotatable bonds is 5. The first-order valence-corrected chi connectivity index (χ1v) is 8.63. The third kappa shape index (κ3) is 4.67. The van der Waals surface area contributed by atoms with Crippen molar-refractivity contribution in [1.29, 1.82) is 0 Å². The number of nitrogens with zero attached hydrogens (tertiary/aromatic N) is 1. The second-order valence-corrected chi connectivity index (χ2v) is 6.97. The fourth-order valence-electron chi connectivity index (χ4n) is 1.91. The molecule has 0 radical (unpaired) electrons. The number of carbonyl (C=O) groups is 1. The Hall–Kier alpha value is -2.12. The normalized spacial score (nSPS) is 11.1. The Kier molecular flexibility index (Phi) is 5.23. The van der Waals surface area contributed by atoms with E-state index in [1.807, 2.05) is 11.6 Å². The molecule has 0 unspecified atom stereocenters. The number of aromatic nitrogens is 1. The molecule has 23 heavy (non-hydrogen) atoms. The summed E-state index contributed by atoms with van der Waals surface area (Å²) in [6.07, 6.45) is 1.35. The summed E-state index contributed by atoms with van der Waals surface area (Å²) >= 11 is 5.65. The molecule has 1 heterocycles. The molecule has 0 aliphatic rings. The SMILES string of the molecule is COc1cc(C(=O)NS(=O)(=O)Cc2ccc(Cl)nc2)ccc1C. The van der Waals surface area contributed by atoms with E-state index in [9.17, 15) is 13.2 Å². The Morgan fingerprint density at radius 2 is 2.04 bits per heavy atom. The number of methoxy groups -OCH3 is 1. The van der Waals surface area contributed by atoms with Crippen molar-refractivity contribution in [3.63, 3.8) is 0 Å². The van der Waals surface area contributed by atoms with Gasteiger partial charge in [-0.2, -0.15) is 0 Å². The molecule has 2 aromatic rings. The smallest absolute Gasteiger partial charge is 0.264 e. The minimum absolute atomic E-state index is 0.199. The number of benzene rings is 1. The van der Waals surface area contributed by atoms with Crippen LogP contribution >= 0.6 is 11.6 Å². The van der Waals surface area contributed by atoms with E-state index in [1.165, 1.54) is 37.6 Å². The highest BCUT2D eigenvalue weighted by Gasteiger charge is 2.18. The summed E-state index contributed by atoms with van der Waals surface area (Å²) in [7, 11) is -2.37. The Balaban J connectivity index is 2.13. The molecule has 1 aromatic heterocycles. The number of ether oxygens (including phenoxy) is 1. The lowest BCUT2D eigenvalue weighted by molar-refractivity contribution is 0.0981. The molecule has 1 aromatic carbocycles. The van der Waals surface area contributed by atoms with Gasteiger partial charge in [0, 0.05) is 11.8 Å². The Bertz CT molecular complexity index is 820. The quantitative estimate of drug-likeness (QED) is 0.833. The lowest BCUT2D eigenvalue weighted by Gasteiger charge is -2.09. The number of aryl methyl sites for hydroxylation is 1. The largest absolute Gasteiger partial charge is 0.496 e. The molecule has 0 spiro atoms. The third-order valence-corrected chi connectivity index (χ3v) is 4.50. The molecule has 1 N–H and O–H groups in total. The molecule has 0 saturated heterocycles. The minimum Gasteiger partial charge on any atom is -0.496 e. The molecule has 0 atom stereocenters. The van der Waals surface area contributed by atoms with Crippen LogP contribution in [0.4, 0.5) is 0 Å². The van der Waals surface area contributed by atoms with Crippen molar-refractivity contribution in [2.24, 2.45) is 0 Å². The van der Waals surface area contributed by atoms with E-state index in [2.05, 4.69) is 4.98 Å². The van der Waals surface area contributed by atoms with Crippen LogP contribution in [-0.2, 0) is 15.8 Å². The zero-order valence-corrected chi connectivity index (χ0v) is 14.1. The zero-order chi connectivity index (χ0) is 17.0. The van der Waals surface area contributed by atoms with Crippen LogP contribution in [-0.4, -0.2) is 26.4 Å². The molecular weight excluding hydrogens is 340 g/mol. The predicted molar refractivity (Wildman–Crippen MR) is 87.1 cm³/mol. The summed E-state index contributed by atoms with van der Waals surface area (Å²) in [5, 5.41) is 0.266. The maximum absolute atomic E-state index is 12.1. The molecule has 122 valence electrons. The van der Waals surface area contributed by atoms with Crippen molar-refractivity contribution in [3.05, 3.63) is 58.4 Å². The average Bonchev–Trinajstić information content (AvgIpc) is 2.49. The topological polar surface area (TPSA) is 85.4 Å². The monoisotopic (exact) mass is 354 g/mol. The lowest BCUT2D eigenvalue weighted by atomic mass is 10.1. The number of hydrogen-bond donors (Lipinski definition) is 1. The van der Waals surface area contributed by atoms with E-state index in [-0.39, 0.29) is 16.5 Å². The van der Waals surface area contributed by atoms with Crippen LogP contribution in [0.25, 0.3) is 0 Å². The van der Waals surface area contributed by atoms with Crippen molar-refractivity contribution >= 4 is 27.5 Å². The number of carbonyl (C=O) groups excluding carboxylic acids is 1. The summed E-state index contributed by atoms with van der Waals surface area (Å²) in [5.74, 6) is -0.575. The first kappa shape index (κ1) is 17.2. The molecular formula is C15H15ClN2O4S. The Labute approximate surface area is 139 Å². The second kappa shape index (κ2) is 6.97. The number of halogens is 1. The van der Waals surface area contributed by atoms with E-state index in [1.54, 1.807) is 6.07 Å². The highest BCUT2D eigenvalue weighted by atomic mass is 35.5. The van der Waals surface area contributed by atoms with Crippen molar-refractivity contribution in [3.8, 4) is 5.75 Å². The predicted octanol–water partition coefficient (Wildman–Crippen LogP) is 2.31. The zero-order valence-electron chi connectivity index (χ0n) is 12.5. The van der Waals surface area contributed by atoms with Gasteiger partial charge in [0.2, 0.25) is 10.0 Å². The summed E-state index contributed by atoms with van der Waals surface area (Å²) in [4.78, 5) is 15.9. The van der Waals surface area contributed by atoms with Gasteiger partial charge in [-0.15, -0.1) is 0 Å². The van der Waals surface area contributed by atoms with Gasteiger partial charge in [0.15, 0.2) is 0 Å². The highest BCUT2D eigenvalue weighted by Crippen LogP contribution is 2.19. The van der Waals surface area contributed by atoms with Gasteiger partial charge in [-0.3, -0.25) is 4.79 Å². The summed E-state index contributed by atoms with van der Waals surface area (Å²) in [6.45, 7) is 1.82. The van der Waals surface area contributed by atoms with Gasteiger partial charge >= 0.3 is 0 Å². The Morgan fingerprint density at radius 1 is 1.30 bits per heavy atom. The van der Waals surface area contributed by atoms with Crippen molar-refractivity contribution in [2.45, 2.75) is 12.7 Å². The molecule has 0 fully saturated rings. The number of amides is 1. The van der Waals surface area contributed by atoms with Crippen LogP contribution in [0.2, 0.25) is 5.15 Å². The van der Waals surface area contributed by atoms with E-state index in [0.717, 1.165) is 5.56 Å². The van der Waals surface area contributed by atoms with Gasteiger partial charge in [-0.25, -0.2) is 18.1 Å². The molecule has 0 bridgehead atoms. The molecule has 6 nitrogen and oxygen atoms in total. The third-order valence-electron chi connectivity index (χ3n) is 3.06. The average molecular weight is 355 g/mol. The maximum Gasteiger partial charge on any atom is 0.264 e. The first-order valence-electron chi connectivity index (χ1n) is 6.60. The second-order valence-electron chi connectivity index (χ2n) is 4.86. The van der Waals surface area contributed by atoms with E-state index < -0.39 is 15.9 Å². The van der Waals surface area contributed by atoms with Gasteiger partial charge < -0.3 is 4.74 Å². The summed E-state index contributed by atoms with van der Waals surface area (Å²) in [6, 6.07) is 7.73. The number of sulfonamides is 1. The van der Waals surface area contributed by atoms with Gasteiger partial charge in [-0.1, -0.05) is 23.7 Å². The van der Waals surface area contributed by atoms with E-state index >= 15 is 0 Å². The Morgan fingerprint density at radius 3 is 2.65 bits per heavy atom. The fourth-order valence-corrected chi connectivity index (χ4v) is 3.10. The minimum atomic E-state index is -3.85. The van der Waals surface area contributed by atoms with Crippen molar-refractivity contribution < 1.29 is 17.9 Å². The number of hydrogen-bond acceptors (Lipinski definition) is 5. The molecule has 0 saturated carbocycles. The van der Waals surface area contributed by atoms with Crippen molar-refractivity contribution in [1.82, 2.24) is 9.71 Å². The van der Waals surface area contributed by atoms with E-state index in [4.69, 9.17) is 16.3 Å². The molecule has 8 heteroatoms. The van der Waals surface area contributed by atoms with Crippen molar-refractivity contribution in [2.75, 3.05) is 7.11 Å². The van der Waals surface area contributed by atoms with Gasteiger partial charge in [-0.05, 0) is 36.2 Å². The molecule has 2 rings (SSSR count). The van der Waals surface area contributed by atoms with Crippen LogP contribution in [0.5, 0.6) is 5.75 Å². The molecule has 1 amide bonds. The van der Waals surface area contributed by atoms with E-state index in [0.29, 0.717) is 11.3 Å².